The molecule has 282 valence electrons. The van der Waals surface area contributed by atoms with Gasteiger partial charge in [0.15, 0.2) is 0 Å². The highest BCUT2D eigenvalue weighted by Crippen LogP contribution is 2.56. The minimum absolute atomic E-state index is 0.492. The molecular formula is C57H37NS2. The Hall–Kier alpha value is -7.04. The number of thiophene rings is 2. The fraction of sp³-hybridized carbons (Fsp3) is 0.0175. The SMILES string of the molecule is c1ccc(C2(c3cccc(N(c4ccc(-c5cc6ccccc6s5)cc4)c4ccc(-c5cccc6c5sc5ccccc56)cc4)c3)c3ccccc3-c3ccccc32)cc1. The second-order valence-corrected chi connectivity index (χ2v) is 17.8. The molecule has 0 saturated carbocycles. The van der Waals surface area contributed by atoms with Gasteiger partial charge in [-0.3, -0.25) is 0 Å². The van der Waals surface area contributed by atoms with E-state index in [1.54, 1.807) is 0 Å². The van der Waals surface area contributed by atoms with Gasteiger partial charge in [0.25, 0.3) is 0 Å². The summed E-state index contributed by atoms with van der Waals surface area (Å²) in [6, 6.07) is 83.0. The molecule has 0 spiro atoms. The monoisotopic (exact) mass is 799 g/mol. The van der Waals surface area contributed by atoms with E-state index in [2.05, 4.69) is 229 Å². The molecule has 0 bridgehead atoms. The summed E-state index contributed by atoms with van der Waals surface area (Å²) in [5.74, 6) is 0. The van der Waals surface area contributed by atoms with E-state index < -0.39 is 5.41 Å². The zero-order chi connectivity index (χ0) is 39.6. The maximum Gasteiger partial charge on any atom is 0.0714 e. The molecule has 0 radical (unpaired) electrons. The van der Waals surface area contributed by atoms with Crippen molar-refractivity contribution >= 4 is 70.0 Å². The zero-order valence-electron chi connectivity index (χ0n) is 32.6. The van der Waals surface area contributed by atoms with Crippen LogP contribution in [0.5, 0.6) is 0 Å². The molecule has 11 aromatic rings. The van der Waals surface area contributed by atoms with E-state index in [-0.39, 0.29) is 0 Å². The summed E-state index contributed by atoms with van der Waals surface area (Å²) in [6.45, 7) is 0. The third kappa shape index (κ3) is 5.44. The van der Waals surface area contributed by atoms with Gasteiger partial charge in [0.2, 0.25) is 0 Å². The molecule has 9 aromatic carbocycles. The molecule has 60 heavy (non-hydrogen) atoms. The highest BCUT2D eigenvalue weighted by molar-refractivity contribution is 7.26. The Morgan fingerprint density at radius 2 is 0.917 bits per heavy atom. The number of rotatable bonds is 7. The average molecular weight is 800 g/mol. The van der Waals surface area contributed by atoms with Crippen molar-refractivity contribution in [3.63, 3.8) is 0 Å². The lowest BCUT2D eigenvalue weighted by molar-refractivity contribution is 0.768. The van der Waals surface area contributed by atoms with Crippen LogP contribution in [0.2, 0.25) is 0 Å². The van der Waals surface area contributed by atoms with E-state index in [0.29, 0.717) is 0 Å². The van der Waals surface area contributed by atoms with E-state index in [1.165, 1.54) is 85.2 Å². The van der Waals surface area contributed by atoms with E-state index in [0.717, 1.165) is 17.1 Å². The van der Waals surface area contributed by atoms with Crippen molar-refractivity contribution in [3.05, 3.63) is 247 Å². The molecule has 0 amide bonds. The van der Waals surface area contributed by atoms with Crippen molar-refractivity contribution in [2.75, 3.05) is 4.90 Å². The molecule has 0 fully saturated rings. The Morgan fingerprint density at radius 3 is 1.65 bits per heavy atom. The fourth-order valence-electron chi connectivity index (χ4n) is 9.70. The van der Waals surface area contributed by atoms with Crippen molar-refractivity contribution in [3.8, 4) is 32.7 Å². The fourth-order valence-corrected chi connectivity index (χ4v) is 12.0. The van der Waals surface area contributed by atoms with E-state index in [4.69, 9.17) is 0 Å². The summed E-state index contributed by atoms with van der Waals surface area (Å²) in [5, 5.41) is 3.92. The molecule has 0 aliphatic heterocycles. The quantitative estimate of drug-likeness (QED) is 0.155. The van der Waals surface area contributed by atoms with Crippen LogP contribution in [0.15, 0.2) is 224 Å². The molecule has 2 aromatic heterocycles. The van der Waals surface area contributed by atoms with Crippen LogP contribution in [0.25, 0.3) is 63.0 Å². The topological polar surface area (TPSA) is 3.24 Å². The highest BCUT2D eigenvalue weighted by Gasteiger charge is 2.46. The Morgan fingerprint density at radius 1 is 0.350 bits per heavy atom. The van der Waals surface area contributed by atoms with E-state index in [1.807, 2.05) is 22.7 Å². The molecule has 0 N–H and O–H groups in total. The Kier molecular flexibility index (Phi) is 8.19. The van der Waals surface area contributed by atoms with Crippen molar-refractivity contribution in [2.24, 2.45) is 0 Å². The van der Waals surface area contributed by atoms with Crippen LogP contribution >= 0.6 is 22.7 Å². The molecular weight excluding hydrogens is 763 g/mol. The average Bonchev–Trinajstić information content (AvgIpc) is 4.01. The number of anilines is 3. The van der Waals surface area contributed by atoms with Gasteiger partial charge in [0.05, 0.1) is 5.41 Å². The van der Waals surface area contributed by atoms with Gasteiger partial charge in [-0.2, -0.15) is 0 Å². The summed E-state index contributed by atoms with van der Waals surface area (Å²) in [4.78, 5) is 3.70. The molecule has 3 heteroatoms. The highest BCUT2D eigenvalue weighted by atomic mass is 32.1. The van der Waals surface area contributed by atoms with Gasteiger partial charge >= 0.3 is 0 Å². The van der Waals surface area contributed by atoms with Gasteiger partial charge in [0, 0.05) is 46.8 Å². The number of nitrogens with zero attached hydrogens (tertiary/aromatic N) is 1. The van der Waals surface area contributed by atoms with Crippen molar-refractivity contribution in [2.45, 2.75) is 5.41 Å². The Balaban J connectivity index is 1.03. The smallest absolute Gasteiger partial charge is 0.0714 e. The predicted octanol–water partition coefficient (Wildman–Crippen LogP) is 16.4. The minimum Gasteiger partial charge on any atom is -0.310 e. The first-order valence-electron chi connectivity index (χ1n) is 20.5. The number of fused-ring (bicyclic) bond motifs is 7. The zero-order valence-corrected chi connectivity index (χ0v) is 34.3. The number of hydrogen-bond donors (Lipinski definition) is 0. The lowest BCUT2D eigenvalue weighted by Crippen LogP contribution is -2.28. The lowest BCUT2D eigenvalue weighted by Gasteiger charge is -2.35. The van der Waals surface area contributed by atoms with Crippen LogP contribution in [0.3, 0.4) is 0 Å². The van der Waals surface area contributed by atoms with Gasteiger partial charge in [-0.15, -0.1) is 22.7 Å². The maximum absolute atomic E-state index is 2.43. The van der Waals surface area contributed by atoms with Gasteiger partial charge in [-0.1, -0.05) is 170 Å². The van der Waals surface area contributed by atoms with Crippen LogP contribution < -0.4 is 4.90 Å². The van der Waals surface area contributed by atoms with Crippen LogP contribution in [0, 0.1) is 0 Å². The molecule has 1 nitrogen and oxygen atoms in total. The normalized spacial score (nSPS) is 12.8. The van der Waals surface area contributed by atoms with Crippen LogP contribution in [0.4, 0.5) is 17.1 Å². The Labute approximate surface area is 357 Å². The largest absolute Gasteiger partial charge is 0.310 e. The molecule has 12 rings (SSSR count). The molecule has 0 saturated heterocycles. The summed E-state index contributed by atoms with van der Waals surface area (Å²) in [5.41, 5.74) is 14.3. The van der Waals surface area contributed by atoms with Gasteiger partial charge < -0.3 is 4.90 Å². The van der Waals surface area contributed by atoms with Crippen molar-refractivity contribution in [1.29, 1.82) is 0 Å². The van der Waals surface area contributed by atoms with Crippen LogP contribution in [-0.2, 0) is 5.41 Å². The van der Waals surface area contributed by atoms with Crippen LogP contribution in [0.1, 0.15) is 22.3 Å². The summed E-state index contributed by atoms with van der Waals surface area (Å²) >= 11 is 3.73. The van der Waals surface area contributed by atoms with Crippen molar-refractivity contribution < 1.29 is 0 Å². The second-order valence-electron chi connectivity index (χ2n) is 15.6. The van der Waals surface area contributed by atoms with Gasteiger partial charge in [-0.05, 0) is 110 Å². The third-order valence-corrected chi connectivity index (χ3v) is 14.8. The molecule has 0 atom stereocenters. The molecule has 1 aliphatic carbocycles. The first kappa shape index (κ1) is 35.0. The number of benzene rings is 9. The lowest BCUT2D eigenvalue weighted by atomic mass is 9.67. The van der Waals surface area contributed by atoms with Crippen molar-refractivity contribution in [1.82, 2.24) is 0 Å². The summed E-state index contributed by atoms with van der Waals surface area (Å²) in [7, 11) is 0. The van der Waals surface area contributed by atoms with Gasteiger partial charge in [-0.25, -0.2) is 0 Å². The van der Waals surface area contributed by atoms with Crippen LogP contribution in [-0.4, -0.2) is 0 Å². The van der Waals surface area contributed by atoms with Gasteiger partial charge in [0.1, 0.15) is 0 Å². The summed E-state index contributed by atoms with van der Waals surface area (Å²) < 4.78 is 3.96. The molecule has 2 heterocycles. The maximum atomic E-state index is 2.43. The molecule has 1 aliphatic rings. The first-order chi connectivity index (χ1) is 29.7. The number of hydrogen-bond acceptors (Lipinski definition) is 3. The summed E-state index contributed by atoms with van der Waals surface area (Å²) in [6.07, 6.45) is 0. The second kappa shape index (κ2) is 14.1. The first-order valence-corrected chi connectivity index (χ1v) is 22.1. The minimum atomic E-state index is -0.492. The van der Waals surface area contributed by atoms with E-state index in [9.17, 15) is 0 Å². The molecule has 0 unspecified atom stereocenters. The third-order valence-electron chi connectivity index (χ3n) is 12.4. The Bertz CT molecular complexity index is 3290. The predicted molar refractivity (Wildman–Crippen MR) is 258 cm³/mol. The standard InChI is InChI=1S/C57H37NS2/c1-2-15-41(16-3-1)57(51-24-8-5-19-47(51)48-20-6-9-25-52(48)57)42-17-12-18-45(37-42)58(44-34-30-39(31-35-44)55-36-40-14-4-10-26-53(40)59-55)43-32-28-38(29-33-43)46-22-13-23-50-49-21-7-11-27-54(49)60-56(46)50/h1-37H. The van der Waals surface area contributed by atoms with E-state index >= 15 is 0 Å².